The third-order valence-corrected chi connectivity index (χ3v) is 3.26. The highest BCUT2D eigenvalue weighted by Crippen LogP contribution is 2.13. The second kappa shape index (κ2) is 8.73. The Labute approximate surface area is 137 Å². The maximum atomic E-state index is 12.0. The van der Waals surface area contributed by atoms with Crippen LogP contribution in [0.3, 0.4) is 0 Å². The Bertz CT molecular complexity index is 634. The summed E-state index contributed by atoms with van der Waals surface area (Å²) in [5, 5.41) is 3.95. The van der Waals surface area contributed by atoms with Gasteiger partial charge >= 0.3 is 0 Å². The van der Waals surface area contributed by atoms with Crippen LogP contribution in [-0.4, -0.2) is 18.7 Å². The Morgan fingerprint density at radius 2 is 1.83 bits per heavy atom. The lowest BCUT2D eigenvalue weighted by Crippen LogP contribution is -2.17. The predicted octanol–water partition coefficient (Wildman–Crippen LogP) is 3.88. The molecule has 0 saturated carbocycles. The molecule has 0 unspecified atom stereocenters. The Kier molecular flexibility index (Phi) is 6.36. The number of carbonyl (C=O) groups is 1. The molecule has 2 aromatic rings. The Morgan fingerprint density at radius 1 is 1.13 bits per heavy atom. The topological polar surface area (TPSA) is 50.7 Å². The van der Waals surface area contributed by atoms with Crippen molar-refractivity contribution in [2.24, 2.45) is 11.0 Å². The summed E-state index contributed by atoms with van der Waals surface area (Å²) in [6, 6.07) is 16.7. The molecule has 0 radical (unpaired) electrons. The number of benzene rings is 2. The van der Waals surface area contributed by atoms with Gasteiger partial charge < -0.3 is 4.74 Å². The fourth-order valence-corrected chi connectivity index (χ4v) is 1.88. The fraction of sp³-hybridized carbons (Fsp3) is 0.263. The molecule has 0 spiro atoms. The van der Waals surface area contributed by atoms with Gasteiger partial charge in [0, 0.05) is 5.56 Å². The van der Waals surface area contributed by atoms with Crippen molar-refractivity contribution in [1.82, 2.24) is 5.43 Å². The molecule has 0 atom stereocenters. The highest BCUT2D eigenvalue weighted by atomic mass is 16.5. The lowest BCUT2D eigenvalue weighted by Gasteiger charge is -2.08. The molecular formula is C19H22N2O2. The van der Waals surface area contributed by atoms with Crippen LogP contribution in [0.4, 0.5) is 0 Å². The van der Waals surface area contributed by atoms with Gasteiger partial charge in [-0.25, -0.2) is 5.43 Å². The van der Waals surface area contributed by atoms with E-state index in [0.29, 0.717) is 18.1 Å². The molecule has 0 heterocycles. The highest BCUT2D eigenvalue weighted by Gasteiger charge is 2.04. The van der Waals surface area contributed by atoms with Gasteiger partial charge in [-0.15, -0.1) is 0 Å². The van der Waals surface area contributed by atoms with Crippen molar-refractivity contribution in [2.75, 3.05) is 6.61 Å². The second-order valence-corrected chi connectivity index (χ2v) is 5.67. The van der Waals surface area contributed by atoms with Crippen LogP contribution in [0.1, 0.15) is 36.2 Å². The average Bonchev–Trinajstić information content (AvgIpc) is 2.56. The molecule has 2 rings (SSSR count). The molecule has 4 heteroatoms. The fourth-order valence-electron chi connectivity index (χ4n) is 1.88. The number of hydrazone groups is 1. The number of hydrogen-bond acceptors (Lipinski definition) is 3. The first-order valence-corrected chi connectivity index (χ1v) is 7.76. The van der Waals surface area contributed by atoms with Crippen molar-refractivity contribution < 1.29 is 9.53 Å². The van der Waals surface area contributed by atoms with Crippen LogP contribution in [-0.2, 0) is 0 Å². The molecule has 0 aliphatic carbocycles. The van der Waals surface area contributed by atoms with Crippen LogP contribution < -0.4 is 10.2 Å². The van der Waals surface area contributed by atoms with E-state index in [1.807, 2.05) is 30.3 Å². The SMILES string of the molecule is CC(C)CCOc1ccc(C(=O)N/N=C\c2ccccc2)cc1. The van der Waals surface area contributed by atoms with E-state index in [1.54, 1.807) is 30.5 Å². The van der Waals surface area contributed by atoms with Gasteiger partial charge in [-0.2, -0.15) is 5.10 Å². The number of hydrogen-bond donors (Lipinski definition) is 1. The largest absolute Gasteiger partial charge is 0.494 e. The van der Waals surface area contributed by atoms with Crippen LogP contribution in [0.2, 0.25) is 0 Å². The molecule has 1 amide bonds. The van der Waals surface area contributed by atoms with Gasteiger partial charge in [-0.05, 0) is 42.2 Å². The van der Waals surface area contributed by atoms with E-state index in [-0.39, 0.29) is 5.91 Å². The molecule has 23 heavy (non-hydrogen) atoms. The third kappa shape index (κ3) is 5.94. The number of nitrogens with one attached hydrogen (secondary N) is 1. The minimum atomic E-state index is -0.245. The van der Waals surface area contributed by atoms with Gasteiger partial charge in [0.2, 0.25) is 0 Å². The molecule has 0 aliphatic rings. The molecule has 4 nitrogen and oxygen atoms in total. The van der Waals surface area contributed by atoms with Crippen molar-refractivity contribution >= 4 is 12.1 Å². The number of carbonyl (C=O) groups excluding carboxylic acids is 1. The second-order valence-electron chi connectivity index (χ2n) is 5.67. The van der Waals surface area contributed by atoms with E-state index in [4.69, 9.17) is 4.74 Å². The number of ether oxygens (including phenoxy) is 1. The zero-order chi connectivity index (χ0) is 16.5. The van der Waals surface area contributed by atoms with E-state index in [0.717, 1.165) is 17.7 Å². The summed E-state index contributed by atoms with van der Waals surface area (Å²) in [6.45, 7) is 5.00. The van der Waals surface area contributed by atoms with E-state index < -0.39 is 0 Å². The van der Waals surface area contributed by atoms with Gasteiger partial charge in [-0.3, -0.25) is 4.79 Å². The third-order valence-electron chi connectivity index (χ3n) is 3.26. The zero-order valence-electron chi connectivity index (χ0n) is 13.5. The predicted molar refractivity (Wildman–Crippen MR) is 92.9 cm³/mol. The van der Waals surface area contributed by atoms with Crippen molar-refractivity contribution in [2.45, 2.75) is 20.3 Å². The Balaban J connectivity index is 1.84. The normalized spacial score (nSPS) is 10.9. The van der Waals surface area contributed by atoms with Crippen LogP contribution in [0, 0.1) is 5.92 Å². The van der Waals surface area contributed by atoms with Crippen LogP contribution in [0.15, 0.2) is 59.7 Å². The Hall–Kier alpha value is -2.62. The maximum Gasteiger partial charge on any atom is 0.271 e. The first kappa shape index (κ1) is 16.7. The summed E-state index contributed by atoms with van der Waals surface area (Å²) in [4.78, 5) is 12.0. The summed E-state index contributed by atoms with van der Waals surface area (Å²) < 4.78 is 5.63. The maximum absolute atomic E-state index is 12.0. The summed E-state index contributed by atoms with van der Waals surface area (Å²) >= 11 is 0. The Morgan fingerprint density at radius 3 is 2.48 bits per heavy atom. The summed E-state index contributed by atoms with van der Waals surface area (Å²) in [7, 11) is 0. The minimum absolute atomic E-state index is 0.245. The molecule has 0 saturated heterocycles. The van der Waals surface area contributed by atoms with E-state index >= 15 is 0 Å². The van der Waals surface area contributed by atoms with Crippen LogP contribution in [0.25, 0.3) is 0 Å². The molecular weight excluding hydrogens is 288 g/mol. The average molecular weight is 310 g/mol. The van der Waals surface area contributed by atoms with Crippen LogP contribution >= 0.6 is 0 Å². The molecule has 0 fully saturated rings. The van der Waals surface area contributed by atoms with E-state index in [2.05, 4.69) is 24.4 Å². The van der Waals surface area contributed by atoms with Gasteiger partial charge in [-0.1, -0.05) is 44.2 Å². The van der Waals surface area contributed by atoms with E-state index in [1.165, 1.54) is 0 Å². The summed E-state index contributed by atoms with van der Waals surface area (Å²) in [5.41, 5.74) is 3.99. The molecule has 2 aromatic carbocycles. The quantitative estimate of drug-likeness (QED) is 0.623. The summed E-state index contributed by atoms with van der Waals surface area (Å²) in [5.74, 6) is 1.14. The van der Waals surface area contributed by atoms with Gasteiger partial charge in [0.05, 0.1) is 12.8 Å². The lowest BCUT2D eigenvalue weighted by atomic mass is 10.1. The van der Waals surface area contributed by atoms with Crippen molar-refractivity contribution in [1.29, 1.82) is 0 Å². The van der Waals surface area contributed by atoms with Gasteiger partial charge in [0.15, 0.2) is 0 Å². The smallest absolute Gasteiger partial charge is 0.271 e. The molecule has 120 valence electrons. The molecule has 0 bridgehead atoms. The number of rotatable bonds is 7. The summed E-state index contributed by atoms with van der Waals surface area (Å²) in [6.07, 6.45) is 2.62. The lowest BCUT2D eigenvalue weighted by molar-refractivity contribution is 0.0955. The number of amides is 1. The van der Waals surface area contributed by atoms with Crippen molar-refractivity contribution in [3.8, 4) is 5.75 Å². The van der Waals surface area contributed by atoms with Crippen molar-refractivity contribution in [3.63, 3.8) is 0 Å². The standard InChI is InChI=1S/C19H22N2O2/c1-15(2)12-13-23-18-10-8-17(9-11-18)19(22)21-20-14-16-6-4-3-5-7-16/h3-11,14-15H,12-13H2,1-2H3,(H,21,22)/b20-14-. The minimum Gasteiger partial charge on any atom is -0.494 e. The van der Waals surface area contributed by atoms with E-state index in [9.17, 15) is 4.79 Å². The van der Waals surface area contributed by atoms with Gasteiger partial charge in [0.25, 0.3) is 5.91 Å². The highest BCUT2D eigenvalue weighted by molar-refractivity contribution is 5.94. The molecule has 0 aromatic heterocycles. The monoisotopic (exact) mass is 310 g/mol. The van der Waals surface area contributed by atoms with Crippen LogP contribution in [0.5, 0.6) is 5.75 Å². The number of nitrogens with zero attached hydrogens (tertiary/aromatic N) is 1. The van der Waals surface area contributed by atoms with Crippen molar-refractivity contribution in [3.05, 3.63) is 65.7 Å². The van der Waals surface area contributed by atoms with Gasteiger partial charge in [0.1, 0.15) is 5.75 Å². The molecule has 1 N–H and O–H groups in total. The first-order valence-electron chi connectivity index (χ1n) is 7.76. The first-order chi connectivity index (χ1) is 11.1. The molecule has 0 aliphatic heterocycles. The zero-order valence-corrected chi connectivity index (χ0v) is 13.5.